The van der Waals surface area contributed by atoms with Crippen molar-refractivity contribution in [2.75, 3.05) is 18.0 Å². The van der Waals surface area contributed by atoms with Crippen LogP contribution in [0.4, 0.5) is 5.69 Å². The number of rotatable bonds is 10. The molecular weight excluding hydrogens is 282 g/mol. The van der Waals surface area contributed by atoms with Crippen molar-refractivity contribution in [2.24, 2.45) is 0 Å². The molecule has 0 saturated carbocycles. The lowest BCUT2D eigenvalue weighted by atomic mass is 10.1. The van der Waals surface area contributed by atoms with Crippen LogP contribution >= 0.6 is 0 Å². The summed E-state index contributed by atoms with van der Waals surface area (Å²) in [6, 6.07) is 5.52. The van der Waals surface area contributed by atoms with Crippen LogP contribution < -0.4 is 9.33 Å². The van der Waals surface area contributed by atoms with Gasteiger partial charge in [-0.25, -0.2) is 0 Å². The van der Waals surface area contributed by atoms with Crippen molar-refractivity contribution in [3.05, 3.63) is 23.8 Å². The molecule has 0 fully saturated rings. The second-order valence-electron chi connectivity index (χ2n) is 5.03. The Kier molecular flexibility index (Phi) is 7.75. The number of hydrogen-bond acceptors (Lipinski definition) is 4. The van der Waals surface area contributed by atoms with Gasteiger partial charge in [0.15, 0.2) is 6.29 Å². The smallest absolute Gasteiger partial charge is 0.475 e. The average Bonchev–Trinajstić information content (AvgIpc) is 2.47. The number of hydrogen-bond donors (Lipinski definition) is 1. The Morgan fingerprint density at radius 3 is 2.38 bits per heavy atom. The van der Waals surface area contributed by atoms with Crippen LogP contribution in [-0.4, -0.2) is 39.2 Å². The predicted octanol–water partition coefficient (Wildman–Crippen LogP) is 2.78. The lowest BCUT2D eigenvalue weighted by Crippen LogP contribution is -2.25. The Balaban J connectivity index is 3.00. The largest absolute Gasteiger partial charge is 0.539 e. The molecule has 0 aromatic heterocycles. The van der Waals surface area contributed by atoms with Gasteiger partial charge in [-0.1, -0.05) is 26.7 Å². The summed E-state index contributed by atoms with van der Waals surface area (Å²) in [6.07, 6.45) is 8.76. The Hall–Kier alpha value is -1.62. The van der Waals surface area contributed by atoms with Gasteiger partial charge in [0.25, 0.3) is 0 Å². The minimum atomic E-state index is -2.12. The first-order valence-electron chi connectivity index (χ1n) is 7.52. The molecule has 0 saturated heterocycles. The summed E-state index contributed by atoms with van der Waals surface area (Å²) in [5, 5.41) is 0. The fourth-order valence-corrected chi connectivity index (χ4v) is 2.53. The normalized spacial score (nSPS) is 10.2. The highest BCUT2D eigenvalue weighted by atomic mass is 28.3. The molecular formula is C16H25NO3Si. The summed E-state index contributed by atoms with van der Waals surface area (Å²) in [7, 11) is -2.12. The highest BCUT2D eigenvalue weighted by molar-refractivity contribution is 6.48. The zero-order chi connectivity index (χ0) is 15.7. The highest BCUT2D eigenvalue weighted by Gasteiger charge is 2.11. The van der Waals surface area contributed by atoms with Crippen molar-refractivity contribution in [2.45, 2.75) is 39.5 Å². The van der Waals surface area contributed by atoms with Gasteiger partial charge in [-0.15, -0.1) is 0 Å². The molecule has 116 valence electrons. The van der Waals surface area contributed by atoms with Crippen molar-refractivity contribution in [3.8, 4) is 5.75 Å². The van der Waals surface area contributed by atoms with E-state index in [0.29, 0.717) is 11.3 Å². The topological polar surface area (TPSA) is 49.8 Å². The molecule has 0 spiro atoms. The molecule has 0 bridgehead atoms. The van der Waals surface area contributed by atoms with Crippen LogP contribution in [0.15, 0.2) is 18.2 Å². The summed E-state index contributed by atoms with van der Waals surface area (Å²) in [5.41, 5.74) is 1.48. The zero-order valence-corrected chi connectivity index (χ0v) is 14.0. The maximum atomic E-state index is 11.0. The SMILES string of the molecule is C=[Si](O)Oc1cc(N(CCCC)CCCC)ccc1C=O. The predicted molar refractivity (Wildman–Crippen MR) is 89.6 cm³/mol. The maximum Gasteiger partial charge on any atom is 0.475 e. The number of nitrogens with zero attached hydrogens (tertiary/aromatic N) is 1. The van der Waals surface area contributed by atoms with E-state index in [1.54, 1.807) is 6.07 Å². The Bertz CT molecular complexity index is 469. The number of carbonyl (C=O) groups is 1. The van der Waals surface area contributed by atoms with E-state index in [1.807, 2.05) is 12.1 Å². The van der Waals surface area contributed by atoms with Crippen LogP contribution in [0.1, 0.15) is 49.9 Å². The molecule has 4 nitrogen and oxygen atoms in total. The van der Waals surface area contributed by atoms with E-state index in [4.69, 9.17) is 4.43 Å². The Labute approximate surface area is 128 Å². The van der Waals surface area contributed by atoms with Crippen LogP contribution in [0.5, 0.6) is 5.75 Å². The van der Waals surface area contributed by atoms with Gasteiger partial charge in [0, 0.05) is 24.8 Å². The van der Waals surface area contributed by atoms with Gasteiger partial charge < -0.3 is 14.1 Å². The van der Waals surface area contributed by atoms with Gasteiger partial charge in [0.05, 0.1) is 5.56 Å². The third-order valence-corrected chi connectivity index (χ3v) is 3.74. The molecule has 0 amide bonds. The average molecular weight is 307 g/mol. The molecule has 0 atom stereocenters. The van der Waals surface area contributed by atoms with Gasteiger partial charge in [-0.2, -0.15) is 0 Å². The second kappa shape index (κ2) is 9.34. The van der Waals surface area contributed by atoms with Crippen LogP contribution in [0, 0.1) is 0 Å². The fourth-order valence-electron chi connectivity index (χ4n) is 2.10. The molecule has 5 heteroatoms. The molecule has 0 heterocycles. The maximum absolute atomic E-state index is 11.0. The lowest BCUT2D eigenvalue weighted by molar-refractivity contribution is 0.112. The molecule has 0 radical (unpaired) electrons. The number of aldehydes is 1. The van der Waals surface area contributed by atoms with Gasteiger partial charge >= 0.3 is 8.90 Å². The van der Waals surface area contributed by atoms with Crippen molar-refractivity contribution >= 4 is 27.0 Å². The molecule has 0 aliphatic heterocycles. The molecule has 1 aromatic carbocycles. The molecule has 1 aromatic rings. The summed E-state index contributed by atoms with van der Waals surface area (Å²) >= 11 is 0. The van der Waals surface area contributed by atoms with Gasteiger partial charge in [-0.05, 0) is 31.1 Å². The quantitative estimate of drug-likeness (QED) is 0.533. The monoisotopic (exact) mass is 307 g/mol. The van der Waals surface area contributed by atoms with E-state index < -0.39 is 8.90 Å². The van der Waals surface area contributed by atoms with Crippen molar-refractivity contribution in [3.63, 3.8) is 0 Å². The van der Waals surface area contributed by atoms with E-state index >= 15 is 0 Å². The number of unbranched alkanes of at least 4 members (excludes halogenated alkanes) is 2. The van der Waals surface area contributed by atoms with Gasteiger partial charge in [0.1, 0.15) is 5.75 Å². The van der Waals surface area contributed by atoms with Gasteiger partial charge in [0.2, 0.25) is 0 Å². The van der Waals surface area contributed by atoms with Crippen molar-refractivity contribution in [1.82, 2.24) is 0 Å². The minimum Gasteiger partial charge on any atom is -0.539 e. The molecule has 21 heavy (non-hydrogen) atoms. The highest BCUT2D eigenvalue weighted by Crippen LogP contribution is 2.25. The first-order valence-corrected chi connectivity index (χ1v) is 9.08. The van der Waals surface area contributed by atoms with Gasteiger partial charge in [-0.3, -0.25) is 4.79 Å². The lowest BCUT2D eigenvalue weighted by Gasteiger charge is -2.25. The zero-order valence-electron chi connectivity index (χ0n) is 13.0. The first-order chi connectivity index (χ1) is 10.1. The summed E-state index contributed by atoms with van der Waals surface area (Å²) in [6.45, 7) is 6.31. The van der Waals surface area contributed by atoms with Crippen LogP contribution in [-0.2, 0) is 0 Å². The van der Waals surface area contributed by atoms with E-state index in [9.17, 15) is 9.59 Å². The molecule has 1 rings (SSSR count). The molecule has 0 aliphatic carbocycles. The second-order valence-corrected chi connectivity index (χ2v) is 6.02. The number of benzene rings is 1. The summed E-state index contributed by atoms with van der Waals surface area (Å²) in [4.78, 5) is 22.7. The van der Waals surface area contributed by atoms with Crippen molar-refractivity contribution in [1.29, 1.82) is 0 Å². The van der Waals surface area contributed by atoms with Crippen LogP contribution in [0.2, 0.25) is 0 Å². The minimum absolute atomic E-state index is 0.423. The fraction of sp³-hybridized carbons (Fsp3) is 0.500. The number of carbonyl (C=O) groups excluding carboxylic acids is 1. The van der Waals surface area contributed by atoms with E-state index in [2.05, 4.69) is 24.9 Å². The molecule has 0 aliphatic rings. The third-order valence-electron chi connectivity index (χ3n) is 3.28. The third kappa shape index (κ3) is 5.71. The van der Waals surface area contributed by atoms with Crippen LogP contribution in [0.25, 0.3) is 0 Å². The first kappa shape index (κ1) is 17.4. The molecule has 0 unspecified atom stereocenters. The summed E-state index contributed by atoms with van der Waals surface area (Å²) < 4.78 is 5.32. The Morgan fingerprint density at radius 1 is 1.29 bits per heavy atom. The van der Waals surface area contributed by atoms with Crippen molar-refractivity contribution < 1.29 is 14.0 Å². The summed E-state index contributed by atoms with van der Waals surface area (Å²) in [5.74, 6) is 0.423. The van der Waals surface area contributed by atoms with E-state index in [-0.39, 0.29) is 0 Å². The standard InChI is InChI=1S/C16H25NO3Si/c1-4-6-10-17(11-7-5-2)15-9-8-14(13-18)16(12-15)20-21(3)19/h8-9,12-13,19H,3-7,10-11H2,1-2H3. The molecule has 1 N–H and O–H groups in total. The van der Waals surface area contributed by atoms with E-state index in [0.717, 1.165) is 50.7 Å². The number of anilines is 1. The Morgan fingerprint density at radius 2 is 1.90 bits per heavy atom. The van der Waals surface area contributed by atoms with E-state index in [1.165, 1.54) is 0 Å². The van der Waals surface area contributed by atoms with Crippen LogP contribution in [0.3, 0.4) is 0 Å².